The van der Waals surface area contributed by atoms with Crippen LogP contribution in [0.3, 0.4) is 0 Å². The minimum atomic E-state index is -3.60. The molecule has 3 rings (SSSR count). The minimum absolute atomic E-state index is 0.192. The summed E-state index contributed by atoms with van der Waals surface area (Å²) < 4.78 is 43.2. The Morgan fingerprint density at radius 1 is 1.03 bits per heavy atom. The van der Waals surface area contributed by atoms with Gasteiger partial charge in [-0.1, -0.05) is 19.9 Å². The maximum atomic E-state index is 13.2. The molecule has 1 atom stereocenters. The molecule has 1 saturated heterocycles. The third-order valence-corrected chi connectivity index (χ3v) is 7.71. The second-order valence-corrected chi connectivity index (χ2v) is 10.6. The molecule has 2 aromatic rings. The molecular formula is C25H35N3O6S. The van der Waals surface area contributed by atoms with E-state index in [-0.39, 0.29) is 10.8 Å². The summed E-state index contributed by atoms with van der Waals surface area (Å²) in [4.78, 5) is 13.4. The molecule has 0 saturated carbocycles. The number of amides is 1. The van der Waals surface area contributed by atoms with Gasteiger partial charge in [-0.3, -0.25) is 4.79 Å². The lowest BCUT2D eigenvalue weighted by atomic mass is 10.0. The van der Waals surface area contributed by atoms with Crippen molar-refractivity contribution < 1.29 is 27.4 Å². The largest absolute Gasteiger partial charge is 0.493 e. The van der Waals surface area contributed by atoms with Crippen molar-refractivity contribution in [1.82, 2.24) is 9.62 Å². The number of benzene rings is 2. The van der Waals surface area contributed by atoms with Crippen molar-refractivity contribution in [3.8, 4) is 11.5 Å². The van der Waals surface area contributed by atoms with Crippen LogP contribution < -0.4 is 20.1 Å². The number of nitrogens with one attached hydrogen (secondary N) is 2. The van der Waals surface area contributed by atoms with Gasteiger partial charge in [0.2, 0.25) is 15.9 Å². The maximum absolute atomic E-state index is 13.2. The zero-order chi connectivity index (χ0) is 25.4. The Kier molecular flexibility index (Phi) is 9.36. The van der Waals surface area contributed by atoms with Crippen molar-refractivity contribution in [2.75, 3.05) is 52.4 Å². The number of carbonyl (C=O) groups is 1. The van der Waals surface area contributed by atoms with Crippen molar-refractivity contribution >= 4 is 21.6 Å². The monoisotopic (exact) mass is 505 g/mol. The van der Waals surface area contributed by atoms with Crippen LogP contribution in [-0.4, -0.2) is 65.7 Å². The van der Waals surface area contributed by atoms with E-state index in [1.165, 1.54) is 4.31 Å². The van der Waals surface area contributed by atoms with Crippen LogP contribution in [0.1, 0.15) is 31.9 Å². The van der Waals surface area contributed by atoms with Gasteiger partial charge in [0.05, 0.1) is 32.3 Å². The summed E-state index contributed by atoms with van der Waals surface area (Å²) in [5, 5.41) is 6.23. The Hall–Kier alpha value is -2.82. The molecule has 0 radical (unpaired) electrons. The average molecular weight is 506 g/mol. The van der Waals surface area contributed by atoms with Crippen LogP contribution in [0, 0.1) is 5.92 Å². The van der Waals surface area contributed by atoms with Crippen LogP contribution in [0.25, 0.3) is 0 Å². The molecule has 0 bridgehead atoms. The Morgan fingerprint density at radius 3 is 2.29 bits per heavy atom. The van der Waals surface area contributed by atoms with Gasteiger partial charge < -0.3 is 24.8 Å². The lowest BCUT2D eigenvalue weighted by Gasteiger charge is -2.26. The molecule has 2 N–H and O–H groups in total. The SMILES string of the molecule is COc1ccc([C@@H](Nc2ccc(S(=O)(=O)N3CCOCC3)cc2)C(=O)NCCC(C)C)cc1OC. The summed E-state index contributed by atoms with van der Waals surface area (Å²) >= 11 is 0. The number of hydrogen-bond acceptors (Lipinski definition) is 7. The zero-order valence-electron chi connectivity index (χ0n) is 20.7. The van der Waals surface area contributed by atoms with Gasteiger partial charge >= 0.3 is 0 Å². The smallest absolute Gasteiger partial charge is 0.247 e. The molecule has 1 amide bonds. The molecule has 1 aliphatic heterocycles. The standard InChI is InChI=1S/C25H35N3O6S/c1-18(2)11-12-26-25(29)24(19-5-10-22(32-3)23(17-19)33-4)27-20-6-8-21(9-7-20)35(30,31)28-13-15-34-16-14-28/h5-10,17-18,24,27H,11-16H2,1-4H3,(H,26,29)/t24-/m1/s1. The highest BCUT2D eigenvalue weighted by molar-refractivity contribution is 7.89. The van der Waals surface area contributed by atoms with Gasteiger partial charge in [-0.15, -0.1) is 0 Å². The molecule has 1 fully saturated rings. The van der Waals surface area contributed by atoms with Gasteiger partial charge in [0.25, 0.3) is 0 Å². The zero-order valence-corrected chi connectivity index (χ0v) is 21.6. The first kappa shape index (κ1) is 26.8. The van der Waals surface area contributed by atoms with Gasteiger partial charge in [-0.25, -0.2) is 8.42 Å². The van der Waals surface area contributed by atoms with E-state index in [4.69, 9.17) is 14.2 Å². The molecule has 9 nitrogen and oxygen atoms in total. The molecule has 0 unspecified atom stereocenters. The molecule has 0 aromatic heterocycles. The summed E-state index contributed by atoms with van der Waals surface area (Å²) in [5.41, 5.74) is 1.31. The Bertz CT molecular complexity index is 1080. The van der Waals surface area contributed by atoms with Gasteiger partial charge in [-0.2, -0.15) is 4.31 Å². The number of anilines is 1. The molecular weight excluding hydrogens is 470 g/mol. The predicted molar refractivity (Wildman–Crippen MR) is 134 cm³/mol. The lowest BCUT2D eigenvalue weighted by molar-refractivity contribution is -0.122. The molecule has 10 heteroatoms. The van der Waals surface area contributed by atoms with Crippen LogP contribution in [-0.2, 0) is 19.6 Å². The summed E-state index contributed by atoms with van der Waals surface area (Å²) in [6.45, 7) is 6.19. The predicted octanol–water partition coefficient (Wildman–Crippen LogP) is 3.04. The molecule has 1 heterocycles. The molecule has 1 aliphatic rings. The second kappa shape index (κ2) is 12.2. The van der Waals surface area contributed by atoms with Gasteiger partial charge in [0.15, 0.2) is 11.5 Å². The Labute approximate surface area is 207 Å². The Balaban J connectivity index is 1.83. The van der Waals surface area contributed by atoms with E-state index in [0.717, 1.165) is 6.42 Å². The summed E-state index contributed by atoms with van der Waals surface area (Å²) in [5.74, 6) is 1.35. The van der Waals surface area contributed by atoms with Crippen molar-refractivity contribution in [3.05, 3.63) is 48.0 Å². The molecule has 2 aromatic carbocycles. The lowest BCUT2D eigenvalue weighted by Crippen LogP contribution is -2.40. The Morgan fingerprint density at radius 2 is 1.69 bits per heavy atom. The summed E-state index contributed by atoms with van der Waals surface area (Å²) in [7, 11) is -0.501. The third kappa shape index (κ3) is 6.87. The summed E-state index contributed by atoms with van der Waals surface area (Å²) in [6, 6.07) is 11.0. The van der Waals surface area contributed by atoms with Crippen LogP contribution in [0.4, 0.5) is 5.69 Å². The first-order valence-corrected chi connectivity index (χ1v) is 13.1. The van der Waals surface area contributed by atoms with Crippen LogP contribution >= 0.6 is 0 Å². The number of sulfonamides is 1. The second-order valence-electron chi connectivity index (χ2n) is 8.71. The highest BCUT2D eigenvalue weighted by Gasteiger charge is 2.27. The van der Waals surface area contributed by atoms with E-state index in [1.54, 1.807) is 56.7 Å². The molecule has 0 spiro atoms. The van der Waals surface area contributed by atoms with E-state index in [1.807, 2.05) is 0 Å². The first-order valence-electron chi connectivity index (χ1n) is 11.7. The highest BCUT2D eigenvalue weighted by atomic mass is 32.2. The van der Waals surface area contributed by atoms with Crippen molar-refractivity contribution in [1.29, 1.82) is 0 Å². The number of morpholine rings is 1. The number of ether oxygens (including phenoxy) is 3. The minimum Gasteiger partial charge on any atom is -0.493 e. The van der Waals surface area contributed by atoms with E-state index in [2.05, 4.69) is 24.5 Å². The van der Waals surface area contributed by atoms with Crippen molar-refractivity contribution in [2.45, 2.75) is 31.2 Å². The van der Waals surface area contributed by atoms with Gasteiger partial charge in [0, 0.05) is 25.3 Å². The van der Waals surface area contributed by atoms with Gasteiger partial charge in [-0.05, 0) is 54.3 Å². The molecule has 35 heavy (non-hydrogen) atoms. The van der Waals surface area contributed by atoms with E-state index < -0.39 is 16.1 Å². The number of methoxy groups -OCH3 is 2. The quantitative estimate of drug-likeness (QED) is 0.483. The van der Waals surface area contributed by atoms with Crippen LogP contribution in [0.5, 0.6) is 11.5 Å². The fourth-order valence-corrected chi connectivity index (χ4v) is 5.15. The fourth-order valence-electron chi connectivity index (χ4n) is 3.74. The fraction of sp³-hybridized carbons (Fsp3) is 0.480. The number of rotatable bonds is 11. The number of carbonyl (C=O) groups excluding carboxylic acids is 1. The first-order chi connectivity index (χ1) is 16.8. The van der Waals surface area contributed by atoms with E-state index in [9.17, 15) is 13.2 Å². The topological polar surface area (TPSA) is 106 Å². The van der Waals surface area contributed by atoms with Crippen molar-refractivity contribution in [3.63, 3.8) is 0 Å². The highest BCUT2D eigenvalue weighted by Crippen LogP contribution is 2.31. The average Bonchev–Trinajstić information content (AvgIpc) is 2.87. The normalized spacial score (nSPS) is 15.5. The summed E-state index contributed by atoms with van der Waals surface area (Å²) in [6.07, 6.45) is 0.860. The maximum Gasteiger partial charge on any atom is 0.247 e. The van der Waals surface area contributed by atoms with Gasteiger partial charge in [0.1, 0.15) is 6.04 Å². The van der Waals surface area contributed by atoms with E-state index in [0.29, 0.717) is 61.5 Å². The van der Waals surface area contributed by atoms with E-state index >= 15 is 0 Å². The third-order valence-electron chi connectivity index (χ3n) is 5.80. The number of nitrogens with zero attached hydrogens (tertiary/aromatic N) is 1. The van der Waals surface area contributed by atoms with Crippen molar-refractivity contribution in [2.24, 2.45) is 5.92 Å². The number of hydrogen-bond donors (Lipinski definition) is 2. The van der Waals surface area contributed by atoms with Crippen LogP contribution in [0.2, 0.25) is 0 Å². The van der Waals surface area contributed by atoms with Crippen LogP contribution in [0.15, 0.2) is 47.4 Å². The molecule has 0 aliphatic carbocycles. The molecule has 192 valence electrons.